The Morgan fingerprint density at radius 2 is 1.93 bits per heavy atom. The molecule has 2 heterocycles. The highest BCUT2D eigenvalue weighted by molar-refractivity contribution is 6.01. The normalized spacial score (nSPS) is 11.5. The van der Waals surface area contributed by atoms with Crippen molar-refractivity contribution in [2.24, 2.45) is 0 Å². The van der Waals surface area contributed by atoms with Crippen molar-refractivity contribution in [3.05, 3.63) is 78.3 Å². The van der Waals surface area contributed by atoms with Gasteiger partial charge in [-0.05, 0) is 66.1 Å². The summed E-state index contributed by atoms with van der Waals surface area (Å²) in [6.45, 7) is 4.30. The summed E-state index contributed by atoms with van der Waals surface area (Å²) in [5.41, 5.74) is 4.39. The number of nitrogens with zero attached hydrogens (tertiary/aromatic N) is 1. The molecule has 2 aromatic carbocycles. The fraction of sp³-hybridized carbons (Fsp3) is 0.130. The summed E-state index contributed by atoms with van der Waals surface area (Å²) in [4.78, 5) is 16.6. The first-order valence-electron chi connectivity index (χ1n) is 9.12. The predicted molar refractivity (Wildman–Crippen MR) is 110 cm³/mol. The first kappa shape index (κ1) is 17.8. The number of amides is 1. The Kier molecular flexibility index (Phi) is 4.81. The molecule has 0 aliphatic carbocycles. The second-order valence-corrected chi connectivity index (χ2v) is 6.82. The van der Waals surface area contributed by atoms with Gasteiger partial charge in [0.25, 0.3) is 0 Å². The molecule has 0 radical (unpaired) electrons. The first-order chi connectivity index (χ1) is 13.6. The van der Waals surface area contributed by atoms with E-state index in [1.54, 1.807) is 24.5 Å². The first-order valence-corrected chi connectivity index (χ1v) is 9.12. The molecule has 2 aromatic heterocycles. The molecule has 1 amide bonds. The summed E-state index contributed by atoms with van der Waals surface area (Å²) in [7, 11) is 0. The molecule has 0 bridgehead atoms. The number of nitrogens with one attached hydrogen (secondary N) is 1. The molecule has 5 heteroatoms. The van der Waals surface area contributed by atoms with Gasteiger partial charge in [0.1, 0.15) is 11.3 Å². The number of rotatable bonds is 5. The van der Waals surface area contributed by atoms with Gasteiger partial charge in [0.15, 0.2) is 5.58 Å². The van der Waals surface area contributed by atoms with Crippen molar-refractivity contribution in [3.63, 3.8) is 0 Å². The van der Waals surface area contributed by atoms with Crippen LogP contribution in [0.5, 0.6) is 0 Å². The minimum atomic E-state index is -0.229. The van der Waals surface area contributed by atoms with Crippen LogP contribution in [-0.2, 0) is 4.79 Å². The Labute approximate surface area is 162 Å². The molecule has 0 saturated heterocycles. The number of furan rings is 1. The summed E-state index contributed by atoms with van der Waals surface area (Å²) in [5, 5.41) is 2.81. The van der Waals surface area contributed by atoms with E-state index in [9.17, 15) is 4.79 Å². The fourth-order valence-corrected chi connectivity index (χ4v) is 2.85. The third-order valence-electron chi connectivity index (χ3n) is 4.42. The van der Waals surface area contributed by atoms with Crippen LogP contribution in [-0.4, -0.2) is 10.9 Å². The zero-order valence-corrected chi connectivity index (χ0v) is 15.7. The van der Waals surface area contributed by atoms with Gasteiger partial charge in [0, 0.05) is 17.3 Å². The fourth-order valence-electron chi connectivity index (χ4n) is 2.85. The lowest BCUT2D eigenvalue weighted by atomic mass is 10.0. The molecule has 140 valence electrons. The Morgan fingerprint density at radius 1 is 1.11 bits per heavy atom. The lowest BCUT2D eigenvalue weighted by molar-refractivity contribution is -0.111. The number of aromatic nitrogens is 1. The Morgan fingerprint density at radius 3 is 2.64 bits per heavy atom. The Hall–Kier alpha value is -3.60. The van der Waals surface area contributed by atoms with E-state index in [-0.39, 0.29) is 5.91 Å². The number of hydrogen-bond acceptors (Lipinski definition) is 4. The van der Waals surface area contributed by atoms with Crippen molar-refractivity contribution >= 4 is 28.8 Å². The van der Waals surface area contributed by atoms with Crippen LogP contribution in [0.4, 0.5) is 5.69 Å². The minimum Gasteiger partial charge on any atom is -0.465 e. The van der Waals surface area contributed by atoms with Crippen LogP contribution in [0, 0.1) is 0 Å². The van der Waals surface area contributed by atoms with E-state index in [1.807, 2.05) is 30.3 Å². The smallest absolute Gasteiger partial charge is 0.248 e. The molecule has 0 spiro atoms. The molecule has 4 aromatic rings. The van der Waals surface area contributed by atoms with Crippen LogP contribution in [0.1, 0.15) is 31.1 Å². The van der Waals surface area contributed by atoms with Crippen molar-refractivity contribution in [2.45, 2.75) is 19.8 Å². The maximum Gasteiger partial charge on any atom is 0.248 e. The van der Waals surface area contributed by atoms with E-state index in [1.165, 1.54) is 11.6 Å². The average molecular weight is 372 g/mol. The van der Waals surface area contributed by atoms with Crippen LogP contribution >= 0.6 is 0 Å². The lowest BCUT2D eigenvalue weighted by Gasteiger charge is -2.02. The SMILES string of the molecule is CC(C)c1ccc2oc(-c3ccc(NC(=O)/C=C/c4ccco4)cc3)nc2c1. The van der Waals surface area contributed by atoms with Crippen LogP contribution in [0.25, 0.3) is 28.6 Å². The summed E-state index contributed by atoms with van der Waals surface area (Å²) in [5.74, 6) is 1.40. The van der Waals surface area contributed by atoms with E-state index in [4.69, 9.17) is 8.83 Å². The maximum atomic E-state index is 12.0. The average Bonchev–Trinajstić information content (AvgIpc) is 3.36. The van der Waals surface area contributed by atoms with Gasteiger partial charge in [-0.25, -0.2) is 4.98 Å². The standard InChI is InChI=1S/C23H20N2O3/c1-15(2)17-7-11-21-20(14-17)25-23(28-21)16-5-8-18(9-6-16)24-22(26)12-10-19-4-3-13-27-19/h3-15H,1-2H3,(H,24,26)/b12-10+. The van der Waals surface area contributed by atoms with Gasteiger partial charge in [-0.2, -0.15) is 0 Å². The number of carbonyl (C=O) groups is 1. The van der Waals surface area contributed by atoms with E-state index < -0.39 is 0 Å². The third-order valence-corrected chi connectivity index (χ3v) is 4.42. The lowest BCUT2D eigenvalue weighted by Crippen LogP contribution is -2.07. The topological polar surface area (TPSA) is 68.3 Å². The molecule has 0 atom stereocenters. The van der Waals surface area contributed by atoms with Crippen LogP contribution in [0.2, 0.25) is 0 Å². The molecule has 1 N–H and O–H groups in total. The van der Waals surface area contributed by atoms with E-state index >= 15 is 0 Å². The van der Waals surface area contributed by atoms with Crippen molar-refractivity contribution < 1.29 is 13.6 Å². The summed E-state index contributed by atoms with van der Waals surface area (Å²) >= 11 is 0. The number of fused-ring (bicyclic) bond motifs is 1. The van der Waals surface area contributed by atoms with E-state index in [0.29, 0.717) is 23.3 Å². The molecule has 5 nitrogen and oxygen atoms in total. The molecule has 0 fully saturated rings. The predicted octanol–water partition coefficient (Wildman–Crippen LogP) is 5.86. The highest BCUT2D eigenvalue weighted by atomic mass is 16.3. The van der Waals surface area contributed by atoms with Gasteiger partial charge in [-0.3, -0.25) is 4.79 Å². The van der Waals surface area contributed by atoms with Crippen molar-refractivity contribution in [2.75, 3.05) is 5.32 Å². The Balaban J connectivity index is 1.48. The van der Waals surface area contributed by atoms with Crippen LogP contribution < -0.4 is 5.32 Å². The molecule has 4 rings (SSSR count). The molecule has 0 saturated carbocycles. The van der Waals surface area contributed by atoms with Gasteiger partial charge in [0.2, 0.25) is 11.8 Å². The molecule has 0 aliphatic heterocycles. The molecular weight excluding hydrogens is 352 g/mol. The number of anilines is 1. The number of carbonyl (C=O) groups excluding carboxylic acids is 1. The summed E-state index contributed by atoms with van der Waals surface area (Å²) in [6.07, 6.45) is 4.61. The molecular formula is C23H20N2O3. The largest absolute Gasteiger partial charge is 0.465 e. The van der Waals surface area contributed by atoms with Gasteiger partial charge in [0.05, 0.1) is 6.26 Å². The molecule has 28 heavy (non-hydrogen) atoms. The minimum absolute atomic E-state index is 0.229. The van der Waals surface area contributed by atoms with Gasteiger partial charge < -0.3 is 14.2 Å². The summed E-state index contributed by atoms with van der Waals surface area (Å²) < 4.78 is 11.0. The monoisotopic (exact) mass is 372 g/mol. The zero-order chi connectivity index (χ0) is 19.5. The van der Waals surface area contributed by atoms with E-state index in [0.717, 1.165) is 16.7 Å². The van der Waals surface area contributed by atoms with E-state index in [2.05, 4.69) is 36.3 Å². The quantitative estimate of drug-likeness (QED) is 0.445. The number of benzene rings is 2. The highest BCUT2D eigenvalue weighted by Crippen LogP contribution is 2.27. The van der Waals surface area contributed by atoms with Crippen molar-refractivity contribution in [1.82, 2.24) is 4.98 Å². The van der Waals surface area contributed by atoms with Crippen molar-refractivity contribution in [3.8, 4) is 11.5 Å². The third kappa shape index (κ3) is 3.88. The van der Waals surface area contributed by atoms with Gasteiger partial charge in [-0.1, -0.05) is 19.9 Å². The maximum absolute atomic E-state index is 12.0. The van der Waals surface area contributed by atoms with Crippen LogP contribution in [0.15, 0.2) is 75.8 Å². The second-order valence-electron chi connectivity index (χ2n) is 6.82. The zero-order valence-electron chi connectivity index (χ0n) is 15.7. The molecule has 0 aliphatic rings. The van der Waals surface area contributed by atoms with Crippen LogP contribution in [0.3, 0.4) is 0 Å². The van der Waals surface area contributed by atoms with Gasteiger partial charge in [-0.15, -0.1) is 0 Å². The van der Waals surface area contributed by atoms with Crippen molar-refractivity contribution in [1.29, 1.82) is 0 Å². The Bertz CT molecular complexity index is 1120. The molecule has 0 unspecified atom stereocenters. The second kappa shape index (κ2) is 7.56. The number of oxazole rings is 1. The van der Waals surface area contributed by atoms with Gasteiger partial charge >= 0.3 is 0 Å². The summed E-state index contributed by atoms with van der Waals surface area (Å²) in [6, 6.07) is 17.0. The highest BCUT2D eigenvalue weighted by Gasteiger charge is 2.10. The number of hydrogen-bond donors (Lipinski definition) is 1.